The molecule has 1 aliphatic carbocycles. The standard InChI is InChI=1S/C22H33N3O2/c1-2-3-14-23-21(26)17-6-8-18(9-7-17)22(27)24-19-10-12-20(13-11-19)25-15-4-5-16-25/h10-13,17-18H,2-9,14-16H2,1H3,(H,23,26)(H,24,27). The highest BCUT2D eigenvalue weighted by atomic mass is 16.2. The van der Waals surface area contributed by atoms with Crippen molar-refractivity contribution in [1.29, 1.82) is 0 Å². The van der Waals surface area contributed by atoms with E-state index in [1.165, 1.54) is 18.5 Å². The third-order valence-corrected chi connectivity index (χ3v) is 5.90. The SMILES string of the molecule is CCCCNC(=O)C1CCC(C(=O)Nc2ccc(N3CCCC3)cc2)CC1. The van der Waals surface area contributed by atoms with Gasteiger partial charge in [-0.2, -0.15) is 0 Å². The van der Waals surface area contributed by atoms with Crippen LogP contribution in [0.15, 0.2) is 24.3 Å². The molecule has 2 amide bonds. The second-order valence-corrected chi connectivity index (χ2v) is 7.92. The molecule has 5 heteroatoms. The zero-order chi connectivity index (χ0) is 19.1. The highest BCUT2D eigenvalue weighted by molar-refractivity contribution is 5.93. The van der Waals surface area contributed by atoms with Crippen LogP contribution in [0.5, 0.6) is 0 Å². The summed E-state index contributed by atoms with van der Waals surface area (Å²) in [6.07, 6.45) is 7.85. The van der Waals surface area contributed by atoms with Gasteiger partial charge in [-0.3, -0.25) is 9.59 Å². The van der Waals surface area contributed by atoms with Crippen LogP contribution in [-0.4, -0.2) is 31.4 Å². The number of hydrogen-bond acceptors (Lipinski definition) is 3. The molecule has 2 aliphatic rings. The van der Waals surface area contributed by atoms with Crippen LogP contribution in [0.3, 0.4) is 0 Å². The maximum absolute atomic E-state index is 12.6. The molecule has 5 nitrogen and oxygen atoms in total. The fourth-order valence-corrected chi connectivity index (χ4v) is 4.13. The Morgan fingerprint density at radius 1 is 0.963 bits per heavy atom. The number of benzene rings is 1. The zero-order valence-electron chi connectivity index (χ0n) is 16.5. The molecule has 148 valence electrons. The minimum atomic E-state index is 0.0166. The average Bonchev–Trinajstić information content (AvgIpc) is 3.23. The van der Waals surface area contributed by atoms with Crippen molar-refractivity contribution >= 4 is 23.2 Å². The second-order valence-electron chi connectivity index (χ2n) is 7.92. The molecule has 1 aliphatic heterocycles. The first-order valence-electron chi connectivity index (χ1n) is 10.6. The van der Waals surface area contributed by atoms with Gasteiger partial charge >= 0.3 is 0 Å². The fraction of sp³-hybridized carbons (Fsp3) is 0.636. The first kappa shape index (κ1) is 19.7. The molecular formula is C22H33N3O2. The molecule has 27 heavy (non-hydrogen) atoms. The van der Waals surface area contributed by atoms with Crippen molar-refractivity contribution in [2.45, 2.75) is 58.3 Å². The van der Waals surface area contributed by atoms with Crippen LogP contribution < -0.4 is 15.5 Å². The number of nitrogens with zero attached hydrogens (tertiary/aromatic N) is 1. The van der Waals surface area contributed by atoms with E-state index < -0.39 is 0 Å². The monoisotopic (exact) mass is 371 g/mol. The average molecular weight is 372 g/mol. The van der Waals surface area contributed by atoms with E-state index in [1.54, 1.807) is 0 Å². The smallest absolute Gasteiger partial charge is 0.227 e. The van der Waals surface area contributed by atoms with Crippen molar-refractivity contribution in [2.75, 3.05) is 29.9 Å². The van der Waals surface area contributed by atoms with E-state index in [0.29, 0.717) is 0 Å². The normalized spacial score (nSPS) is 22.5. The van der Waals surface area contributed by atoms with E-state index >= 15 is 0 Å². The maximum atomic E-state index is 12.6. The minimum absolute atomic E-state index is 0.0166. The van der Waals surface area contributed by atoms with Crippen molar-refractivity contribution in [3.8, 4) is 0 Å². The van der Waals surface area contributed by atoms with Crippen LogP contribution in [0.25, 0.3) is 0 Å². The number of unbranched alkanes of at least 4 members (excludes halogenated alkanes) is 1. The third kappa shape index (κ3) is 5.47. The molecule has 0 bridgehead atoms. The number of nitrogens with one attached hydrogen (secondary N) is 2. The summed E-state index contributed by atoms with van der Waals surface area (Å²) in [5.74, 6) is 0.349. The maximum Gasteiger partial charge on any atom is 0.227 e. The van der Waals surface area contributed by atoms with E-state index in [1.807, 2.05) is 12.1 Å². The van der Waals surface area contributed by atoms with Crippen LogP contribution >= 0.6 is 0 Å². The molecule has 1 aromatic carbocycles. The first-order valence-corrected chi connectivity index (χ1v) is 10.6. The Kier molecular flexibility index (Phi) is 7.13. The predicted octanol–water partition coefficient (Wildman–Crippen LogP) is 3.95. The van der Waals surface area contributed by atoms with Gasteiger partial charge in [0.25, 0.3) is 0 Å². The minimum Gasteiger partial charge on any atom is -0.372 e. The molecule has 0 unspecified atom stereocenters. The van der Waals surface area contributed by atoms with Crippen molar-refractivity contribution in [3.05, 3.63) is 24.3 Å². The third-order valence-electron chi connectivity index (χ3n) is 5.90. The predicted molar refractivity (Wildman–Crippen MR) is 110 cm³/mol. The lowest BCUT2D eigenvalue weighted by Gasteiger charge is -2.27. The van der Waals surface area contributed by atoms with Gasteiger partial charge in [0.2, 0.25) is 11.8 Å². The highest BCUT2D eigenvalue weighted by Gasteiger charge is 2.29. The highest BCUT2D eigenvalue weighted by Crippen LogP contribution is 2.30. The molecule has 0 spiro atoms. The molecule has 0 atom stereocenters. The van der Waals surface area contributed by atoms with Crippen molar-refractivity contribution in [3.63, 3.8) is 0 Å². The molecule has 0 radical (unpaired) electrons. The summed E-state index contributed by atoms with van der Waals surface area (Å²) >= 11 is 0. The summed E-state index contributed by atoms with van der Waals surface area (Å²) < 4.78 is 0. The first-order chi connectivity index (χ1) is 13.2. The van der Waals surface area contributed by atoms with Crippen LogP contribution in [0, 0.1) is 11.8 Å². The zero-order valence-corrected chi connectivity index (χ0v) is 16.5. The number of carbonyl (C=O) groups is 2. The van der Waals surface area contributed by atoms with E-state index in [0.717, 1.165) is 63.8 Å². The lowest BCUT2D eigenvalue weighted by Crippen LogP contribution is -2.35. The van der Waals surface area contributed by atoms with Gasteiger partial charge in [0, 0.05) is 42.8 Å². The lowest BCUT2D eigenvalue weighted by atomic mass is 9.81. The number of hydrogen-bond donors (Lipinski definition) is 2. The Hall–Kier alpha value is -2.04. The summed E-state index contributed by atoms with van der Waals surface area (Å²) in [5.41, 5.74) is 2.10. The summed E-state index contributed by atoms with van der Waals surface area (Å²) in [7, 11) is 0. The van der Waals surface area contributed by atoms with Gasteiger partial charge in [0.15, 0.2) is 0 Å². The number of rotatable bonds is 7. The van der Waals surface area contributed by atoms with Crippen molar-refractivity contribution in [2.24, 2.45) is 11.8 Å². The lowest BCUT2D eigenvalue weighted by molar-refractivity contribution is -0.128. The molecular weight excluding hydrogens is 338 g/mol. The Morgan fingerprint density at radius 2 is 1.56 bits per heavy atom. The van der Waals surface area contributed by atoms with Gasteiger partial charge in [0.1, 0.15) is 0 Å². The van der Waals surface area contributed by atoms with E-state index in [2.05, 4.69) is 34.6 Å². The number of carbonyl (C=O) groups excluding carboxylic acids is 2. The summed E-state index contributed by atoms with van der Waals surface area (Å²) in [4.78, 5) is 27.1. The fourth-order valence-electron chi connectivity index (χ4n) is 4.13. The van der Waals surface area contributed by atoms with E-state index in [4.69, 9.17) is 0 Å². The summed E-state index contributed by atoms with van der Waals surface area (Å²) in [6.45, 7) is 5.14. The van der Waals surface area contributed by atoms with Gasteiger partial charge in [0.05, 0.1) is 0 Å². The van der Waals surface area contributed by atoms with Gasteiger partial charge in [-0.05, 0) is 69.2 Å². The quantitative estimate of drug-likeness (QED) is 0.714. The Balaban J connectivity index is 1.43. The van der Waals surface area contributed by atoms with Crippen LogP contribution in [-0.2, 0) is 9.59 Å². The van der Waals surface area contributed by atoms with Gasteiger partial charge in [-0.25, -0.2) is 0 Å². The van der Waals surface area contributed by atoms with E-state index in [-0.39, 0.29) is 23.7 Å². The van der Waals surface area contributed by atoms with Crippen molar-refractivity contribution in [1.82, 2.24) is 5.32 Å². The van der Waals surface area contributed by atoms with Gasteiger partial charge in [-0.1, -0.05) is 13.3 Å². The molecule has 1 heterocycles. The molecule has 0 aromatic heterocycles. The molecule has 3 rings (SSSR count). The van der Waals surface area contributed by atoms with Crippen molar-refractivity contribution < 1.29 is 9.59 Å². The molecule has 2 fully saturated rings. The van der Waals surface area contributed by atoms with Gasteiger partial charge < -0.3 is 15.5 Å². The van der Waals surface area contributed by atoms with Gasteiger partial charge in [-0.15, -0.1) is 0 Å². The van der Waals surface area contributed by atoms with Crippen LogP contribution in [0.4, 0.5) is 11.4 Å². The Morgan fingerprint density at radius 3 is 2.15 bits per heavy atom. The largest absolute Gasteiger partial charge is 0.372 e. The molecule has 1 aromatic rings. The topological polar surface area (TPSA) is 61.4 Å². The Labute approximate surface area is 162 Å². The van der Waals surface area contributed by atoms with E-state index in [9.17, 15) is 9.59 Å². The summed E-state index contributed by atoms with van der Waals surface area (Å²) in [6, 6.07) is 8.19. The number of anilines is 2. The molecule has 1 saturated carbocycles. The number of amides is 2. The molecule has 2 N–H and O–H groups in total. The van der Waals surface area contributed by atoms with Crippen LogP contribution in [0.2, 0.25) is 0 Å². The second kappa shape index (κ2) is 9.77. The summed E-state index contributed by atoms with van der Waals surface area (Å²) in [5, 5.41) is 6.08. The Bertz CT molecular complexity index is 615. The van der Waals surface area contributed by atoms with Crippen LogP contribution in [0.1, 0.15) is 58.3 Å². The molecule has 1 saturated heterocycles.